The number of carboxylic acid groups (broad SMARTS) is 1. The van der Waals surface area contributed by atoms with Crippen molar-refractivity contribution in [2.24, 2.45) is 0 Å². The van der Waals surface area contributed by atoms with E-state index in [1.54, 1.807) is 56.4 Å². The molecular formula is C112H72ClF9LiNO12S12. The van der Waals surface area contributed by atoms with E-state index in [2.05, 4.69) is 312 Å². The summed E-state index contributed by atoms with van der Waals surface area (Å²) in [7, 11) is -9.53. The molecule has 12 heterocycles. The van der Waals surface area contributed by atoms with Gasteiger partial charge in [0.15, 0.2) is 48.4 Å². The number of unbranched alkanes of at least 4 members (excludes halogenated alkanes) is 1. The Balaban J connectivity index is 0.00000162. The Morgan fingerprint density at radius 2 is 0.669 bits per heavy atom. The molecule has 0 saturated carbocycles. The summed E-state index contributed by atoms with van der Waals surface area (Å²) in [5, 5.41) is 7.41. The molecule has 10 aromatic heterocycles. The molecule has 12 aromatic rings. The topological polar surface area (TPSA) is 180 Å². The molecule has 0 bridgehead atoms. The summed E-state index contributed by atoms with van der Waals surface area (Å²) in [6.07, 6.45) is 14.9. The number of thiophene rings is 10. The van der Waals surface area contributed by atoms with Crippen molar-refractivity contribution in [3.8, 4) is 273 Å². The maximum absolute atomic E-state index is 14.0. The normalized spacial score (nSPS) is 9.60. The Morgan fingerprint density at radius 1 is 0.412 bits per heavy atom. The second-order valence-electron chi connectivity index (χ2n) is 24.6. The van der Waals surface area contributed by atoms with Crippen molar-refractivity contribution in [2.75, 3.05) is 26.4 Å². The summed E-state index contributed by atoms with van der Waals surface area (Å²) in [4.78, 5) is 33.0. The number of carbonyl (C=O) groups excluding carboxylic acids is 2. The molecule has 2 saturated heterocycles. The number of hydrogen-bond acceptors (Lipinski definition) is 21. The molecule has 0 unspecified atom stereocenters. The van der Waals surface area contributed by atoms with E-state index < -0.39 is 89.8 Å². The molecule has 0 aliphatic carbocycles. The number of carbonyl (C=O) groups is 3. The largest absolute Gasteiger partial charge is 1.00 e. The van der Waals surface area contributed by atoms with Crippen LogP contribution in [0, 0.1) is 324 Å². The van der Waals surface area contributed by atoms with Gasteiger partial charge in [-0.05, 0) is 351 Å². The van der Waals surface area contributed by atoms with Gasteiger partial charge in [-0.1, -0.05) is 99.9 Å². The van der Waals surface area contributed by atoms with Crippen LogP contribution in [0.3, 0.4) is 0 Å². The first kappa shape index (κ1) is 133. The van der Waals surface area contributed by atoms with Gasteiger partial charge in [-0.25, -0.2) is 39.2 Å². The molecule has 0 atom stereocenters. The van der Waals surface area contributed by atoms with Crippen molar-refractivity contribution in [1.82, 2.24) is 3.93 Å². The Hall–Kier alpha value is -14.9. The van der Waals surface area contributed by atoms with Gasteiger partial charge < -0.3 is 31.0 Å². The van der Waals surface area contributed by atoms with Crippen LogP contribution in [0.2, 0.25) is 0 Å². The molecule has 0 amide bonds. The minimum atomic E-state index is -4.77. The SMILES string of the molecule is C.C.C#CC#CC#CC#CC#CC#CC#CC#CC.C#CC#CC#CC#CC#CC#CC#CC#CC.CC#CC#CC#CC#CC#CC#CC#CC.CC=C(C)C.Cl.Fc1sc2cc(C3OCCO3)sc2c1F.O=C(O)c1cc2sc(F)c(F)c2s1.O=Cc1cc2sc(F)c(F)c2s1.O=Cc1cc2sc(F)c(F)c2s1.O=S(=O)(c1ccccc1)N(F)S(=O)(=O)c1ccccc1.[CH2-]CCC.[Li+].c1cc2sc(C3OCCO3)cc2s1. The number of nitrogens with zero attached hydrogens (tertiary/aromatic N) is 1. The third-order valence-corrected chi connectivity index (χ3v) is 28.9. The Kier molecular flexibility index (Phi) is 69.8. The summed E-state index contributed by atoms with van der Waals surface area (Å²) < 4.78 is 190. The number of ether oxygens (including phenoxy) is 4. The summed E-state index contributed by atoms with van der Waals surface area (Å²) in [6, 6.07) is 23.3. The maximum atomic E-state index is 14.0. The fraction of sp³-hybridized carbons (Fsp3) is 0.161. The number of terminal acetylenes is 2. The first-order valence-electron chi connectivity index (χ1n) is 39.6. The van der Waals surface area contributed by atoms with E-state index in [0.29, 0.717) is 70.4 Å². The fourth-order valence-electron chi connectivity index (χ4n) is 8.47. The summed E-state index contributed by atoms with van der Waals surface area (Å²) in [5.74, 6) is 105. The van der Waals surface area contributed by atoms with Crippen LogP contribution < -0.4 is 18.9 Å². The minimum Gasteiger partial charge on any atom is -0.477 e. The van der Waals surface area contributed by atoms with Gasteiger partial charge in [0.25, 0.3) is 20.0 Å². The molecule has 2 aromatic carbocycles. The molecule has 13 nitrogen and oxygen atoms in total. The van der Waals surface area contributed by atoms with Gasteiger partial charge >= 0.3 is 24.8 Å². The number of halogens is 10. The zero-order valence-electron chi connectivity index (χ0n) is 77.4. The predicted molar refractivity (Wildman–Crippen MR) is 585 cm³/mol. The van der Waals surface area contributed by atoms with Crippen LogP contribution in [0.15, 0.2) is 124 Å². The van der Waals surface area contributed by atoms with E-state index in [0.717, 1.165) is 117 Å². The number of aromatic carboxylic acids is 1. The van der Waals surface area contributed by atoms with Crippen molar-refractivity contribution in [1.29, 1.82) is 0 Å². The molecule has 148 heavy (non-hydrogen) atoms. The van der Waals surface area contributed by atoms with Crippen molar-refractivity contribution in [3.05, 3.63) is 189 Å². The van der Waals surface area contributed by atoms with Crippen molar-refractivity contribution in [3.63, 3.8) is 0 Å². The van der Waals surface area contributed by atoms with Crippen LogP contribution in [-0.2, 0) is 39.0 Å². The standard InChI is InChI=1S/2C17H4.C16H6.C12H10FNO4S2.C9H6F2O2S2.C9H8O2S2.C7H2F2O2S2.2C7H2F2OS2.C5H10.C4H9.2CH4.ClH.Li/c2*1-3-5-7-9-11-13-15-17-16-14-12-10-8-6-4-2;1-3-5-7-9-11-13-15-16-14-12-10-8-6-4-2;13-14(19(15,16)11-7-3-1-4-8-11)20(17,18)12-9-5-2-6-10-12;10-6-7-4(15-8(6)11)3-5(14-7)9-12-1-2-13-9;1-4-12-7-5-8(13-6(1)7)9-10-2-3-11-9;8-4-5-2(13-6(4)9)1-3(12-5)7(10)11;2*8-5-6-4(12-7(5)9)1-3(2-10)11-6;1-4-5(2)3;1-3-4-2;;;;/h2*1H,2H3;1-2H3;1-10H;3,9H,1-2H2;1,4-5,9H,2-3H2;1H,(H,10,11);2*1-2H;4H,1-3H3;1,3-4H2,2H3;2*1H4;1H;/q;;;;;;;;;;-1;;;;+1. The monoisotopic (exact) mass is 2220 g/mol. The van der Waals surface area contributed by atoms with Crippen LogP contribution >= 0.6 is 126 Å². The minimum absolute atomic E-state index is 0. The van der Waals surface area contributed by atoms with E-state index in [1.165, 1.54) is 92.2 Å². The number of allylic oxidation sites excluding steroid dienone is 2. The predicted octanol–water partition coefficient (Wildman–Crippen LogP) is 22.0. The number of carboxylic acids is 1. The smallest absolute Gasteiger partial charge is 0.477 e. The number of fused-ring (bicyclic) bond motifs is 5. The quantitative estimate of drug-likeness (QED) is 0.0261. The van der Waals surface area contributed by atoms with E-state index >= 15 is 0 Å². The van der Waals surface area contributed by atoms with Crippen LogP contribution in [0.25, 0.3) is 47.0 Å². The van der Waals surface area contributed by atoms with Gasteiger partial charge in [-0.3, -0.25) is 9.59 Å². The number of rotatable bonds is 10. The number of hydrogen-bond donors (Lipinski definition) is 1. The summed E-state index contributed by atoms with van der Waals surface area (Å²) >= 11 is 10.3. The van der Waals surface area contributed by atoms with E-state index in [1.807, 2.05) is 6.92 Å². The van der Waals surface area contributed by atoms with Gasteiger partial charge in [0.1, 0.15) is 4.88 Å². The van der Waals surface area contributed by atoms with Gasteiger partial charge in [0.2, 0.25) is 20.5 Å². The van der Waals surface area contributed by atoms with Crippen LogP contribution in [-0.4, -0.2) is 70.8 Å². The number of sulfonamides is 2. The number of aldehydes is 2. The molecule has 2 aliphatic heterocycles. The molecule has 0 radical (unpaired) electrons. The molecule has 2 aliphatic rings. The molecule has 740 valence electrons. The third kappa shape index (κ3) is 48.9. The molecule has 2 fully saturated rings. The van der Waals surface area contributed by atoms with Crippen LogP contribution in [0.1, 0.15) is 134 Å². The Bertz CT molecular complexity index is 8120. The van der Waals surface area contributed by atoms with E-state index in [9.17, 15) is 70.8 Å². The van der Waals surface area contributed by atoms with Crippen LogP contribution in [0.5, 0.6) is 0 Å². The fourth-order valence-corrected chi connectivity index (χ4v) is 21.4. The van der Waals surface area contributed by atoms with Crippen molar-refractivity contribution < 1.29 is 114 Å². The summed E-state index contributed by atoms with van der Waals surface area (Å²) in [5.41, 5.74) is 1.38. The zero-order chi connectivity index (χ0) is 106. The maximum Gasteiger partial charge on any atom is 1.00 e. The molecule has 14 rings (SSSR count). The molecule has 0 spiro atoms. The number of benzene rings is 2. The van der Waals surface area contributed by atoms with Crippen molar-refractivity contribution >= 4 is 211 Å². The molecule has 36 heteroatoms. The summed E-state index contributed by atoms with van der Waals surface area (Å²) in [6.45, 7) is 21.3. The van der Waals surface area contributed by atoms with Gasteiger partial charge in [0, 0.05) is 9.40 Å². The van der Waals surface area contributed by atoms with Gasteiger partial charge in [0.05, 0.1) is 97.3 Å². The second kappa shape index (κ2) is 77.6. The molecular weight excluding hydrogens is 2150 g/mol. The van der Waals surface area contributed by atoms with Gasteiger partial charge in [-0.15, -0.1) is 143 Å². The average molecular weight is 2220 g/mol. The Morgan fingerprint density at radius 3 is 0.912 bits per heavy atom. The van der Waals surface area contributed by atoms with E-state index in [4.69, 9.17) is 36.9 Å². The average Bonchev–Trinajstić information content (AvgIpc) is 1.02. The molecule has 1 N–H and O–H groups in total. The van der Waals surface area contributed by atoms with E-state index in [-0.39, 0.29) is 71.4 Å². The van der Waals surface area contributed by atoms with Gasteiger partial charge in [-0.2, -0.15) is 24.0 Å². The Labute approximate surface area is 914 Å². The first-order chi connectivity index (χ1) is 69.5. The van der Waals surface area contributed by atoms with Crippen molar-refractivity contribution in [2.45, 2.75) is 105 Å². The first-order valence-corrected chi connectivity index (χ1v) is 50.7. The van der Waals surface area contributed by atoms with Crippen LogP contribution in [0.4, 0.5) is 39.6 Å². The second-order valence-corrected chi connectivity index (χ2v) is 38.7. The zero-order valence-corrected chi connectivity index (χ0v) is 88.0. The third-order valence-electron chi connectivity index (χ3n) is 14.7.